The van der Waals surface area contributed by atoms with Gasteiger partial charge in [-0.25, -0.2) is 4.57 Å². The van der Waals surface area contributed by atoms with Crippen LogP contribution in [0.15, 0.2) is 48.6 Å². The molecule has 2 unspecified atom stereocenters. The predicted octanol–water partition coefficient (Wildman–Crippen LogP) is 18.9. The molecule has 0 amide bonds. The third kappa shape index (κ3) is 57.3. The Balaban J connectivity index is 3.89. The van der Waals surface area contributed by atoms with E-state index in [1.165, 1.54) is 180 Å². The lowest BCUT2D eigenvalue weighted by atomic mass is 10.0. The van der Waals surface area contributed by atoms with E-state index in [-0.39, 0.29) is 32.0 Å². The molecule has 0 aromatic rings. The van der Waals surface area contributed by atoms with E-state index in [9.17, 15) is 19.0 Å². The number of rotatable bonds is 56. The molecule has 0 aromatic heterocycles. The molecule has 0 radical (unpaired) electrons. The first-order chi connectivity index (χ1) is 35.0. The maximum atomic E-state index is 12.8. The standard InChI is InChI=1S/C62H116NO8P/c1-6-8-10-12-14-16-18-19-20-21-22-23-24-25-26-27-28-29-30-31-32-33-34-35-36-37-38-39-40-41-42-43-45-47-49-51-53-55-62(65)71-60(59-70-72(66,67)69-57-56-63(3,4)5)58-68-61(64)54-52-50-48-46-44-17-15-13-11-9-7-2/h13,15,18-19,21-22,24-25,60H,6-12,14,16-17,20,23,26-59H2,1-5H3/p+1/b15-13-,19-18-,22-21-,25-24-. The first kappa shape index (κ1) is 70.0. The normalized spacial score (nSPS) is 13.6. The van der Waals surface area contributed by atoms with E-state index >= 15 is 0 Å². The molecular formula is C62H117NO8P+. The first-order valence-electron chi connectivity index (χ1n) is 30.4. The molecule has 9 nitrogen and oxygen atoms in total. The van der Waals surface area contributed by atoms with Gasteiger partial charge in [0.1, 0.15) is 19.8 Å². The average Bonchev–Trinajstić information content (AvgIpc) is 3.34. The summed E-state index contributed by atoms with van der Waals surface area (Å²) in [6.45, 7) is 4.39. The van der Waals surface area contributed by atoms with E-state index in [1.807, 2.05) is 21.1 Å². The van der Waals surface area contributed by atoms with Crippen molar-refractivity contribution in [2.75, 3.05) is 47.5 Å². The molecule has 0 saturated carbocycles. The SMILES string of the molecule is CCCC/C=C\CCCCCCCC(=O)OCC(COP(=O)(O)OCC[N+](C)(C)C)OC(=O)CCCCCCCCCCCCCCCCCCCCCCCC/C=C\C/C=C\C/C=C\CCCCCCC. The molecule has 0 heterocycles. The third-order valence-electron chi connectivity index (χ3n) is 13.3. The molecule has 0 saturated heterocycles. The number of esters is 2. The largest absolute Gasteiger partial charge is 0.472 e. The van der Waals surface area contributed by atoms with Crippen molar-refractivity contribution < 1.29 is 42.1 Å². The summed E-state index contributed by atoms with van der Waals surface area (Å²) < 4.78 is 34.5. The number of quaternary nitrogens is 1. The molecule has 2 atom stereocenters. The van der Waals surface area contributed by atoms with E-state index in [2.05, 4.69) is 62.5 Å². The van der Waals surface area contributed by atoms with Gasteiger partial charge in [0.25, 0.3) is 0 Å². The molecule has 0 aliphatic carbocycles. The van der Waals surface area contributed by atoms with Crippen molar-refractivity contribution in [2.45, 2.75) is 290 Å². The number of nitrogens with zero attached hydrogens (tertiary/aromatic N) is 1. The summed E-state index contributed by atoms with van der Waals surface area (Å²) in [6.07, 6.45) is 67.9. The maximum Gasteiger partial charge on any atom is 0.472 e. The number of ether oxygens (including phenoxy) is 2. The van der Waals surface area contributed by atoms with Crippen molar-refractivity contribution in [3.63, 3.8) is 0 Å². The lowest BCUT2D eigenvalue weighted by Gasteiger charge is -2.24. The van der Waals surface area contributed by atoms with Crippen LogP contribution in [0.25, 0.3) is 0 Å². The quantitative estimate of drug-likeness (QED) is 0.0211. The lowest BCUT2D eigenvalue weighted by molar-refractivity contribution is -0.870. The molecular weight excluding hydrogens is 918 g/mol. The minimum absolute atomic E-state index is 0.0316. The summed E-state index contributed by atoms with van der Waals surface area (Å²) in [6, 6.07) is 0. The summed E-state index contributed by atoms with van der Waals surface area (Å²) in [5.74, 6) is -0.800. The second-order valence-corrected chi connectivity index (χ2v) is 23.2. The summed E-state index contributed by atoms with van der Waals surface area (Å²) in [4.78, 5) is 35.5. The highest BCUT2D eigenvalue weighted by Crippen LogP contribution is 2.43. The van der Waals surface area contributed by atoms with Crippen molar-refractivity contribution in [3.8, 4) is 0 Å². The van der Waals surface area contributed by atoms with E-state index in [0.717, 1.165) is 70.6 Å². The number of likely N-dealkylation sites (N-methyl/N-ethyl adjacent to an activating group) is 1. The minimum atomic E-state index is -4.38. The van der Waals surface area contributed by atoms with Crippen molar-refractivity contribution >= 4 is 19.8 Å². The van der Waals surface area contributed by atoms with E-state index in [1.54, 1.807) is 0 Å². The van der Waals surface area contributed by atoms with Gasteiger partial charge in [-0.05, 0) is 70.6 Å². The van der Waals surface area contributed by atoms with Crippen LogP contribution in [0.3, 0.4) is 0 Å². The van der Waals surface area contributed by atoms with Crippen LogP contribution < -0.4 is 0 Å². The monoisotopic (exact) mass is 1030 g/mol. The number of phosphoric acid groups is 1. The van der Waals surface area contributed by atoms with Gasteiger partial charge < -0.3 is 18.9 Å². The molecule has 0 fully saturated rings. The molecule has 10 heteroatoms. The van der Waals surface area contributed by atoms with Gasteiger partial charge in [0, 0.05) is 12.8 Å². The molecule has 0 spiro atoms. The lowest BCUT2D eigenvalue weighted by Crippen LogP contribution is -2.37. The smallest absolute Gasteiger partial charge is 0.462 e. The fourth-order valence-electron chi connectivity index (χ4n) is 8.59. The van der Waals surface area contributed by atoms with Crippen LogP contribution in [0.5, 0.6) is 0 Å². The molecule has 1 N–H and O–H groups in total. The number of allylic oxidation sites excluding steroid dienone is 8. The Kier molecular flexibility index (Phi) is 52.3. The highest BCUT2D eigenvalue weighted by Gasteiger charge is 2.27. The number of carbonyl (C=O) groups excluding carboxylic acids is 2. The minimum Gasteiger partial charge on any atom is -0.462 e. The molecule has 0 aromatic carbocycles. The zero-order valence-corrected chi connectivity index (χ0v) is 48.8. The summed E-state index contributed by atoms with van der Waals surface area (Å²) in [5.41, 5.74) is 0. The number of hydrogen-bond acceptors (Lipinski definition) is 7. The van der Waals surface area contributed by atoms with Gasteiger partial charge in [-0.1, -0.05) is 249 Å². The van der Waals surface area contributed by atoms with Crippen LogP contribution in [0.2, 0.25) is 0 Å². The summed E-state index contributed by atoms with van der Waals surface area (Å²) in [7, 11) is 1.48. The molecule has 0 aliphatic heterocycles. The number of unbranched alkanes of at least 4 members (excludes halogenated alkanes) is 34. The molecule has 422 valence electrons. The zero-order valence-electron chi connectivity index (χ0n) is 47.9. The number of carbonyl (C=O) groups is 2. The fourth-order valence-corrected chi connectivity index (χ4v) is 9.34. The predicted molar refractivity (Wildman–Crippen MR) is 307 cm³/mol. The van der Waals surface area contributed by atoms with E-state index < -0.39 is 26.5 Å². The van der Waals surface area contributed by atoms with Crippen LogP contribution in [-0.4, -0.2) is 74.9 Å². The Bertz CT molecular complexity index is 1360. The Morgan fingerprint density at radius 2 is 0.764 bits per heavy atom. The number of hydrogen-bond donors (Lipinski definition) is 1. The van der Waals surface area contributed by atoms with Gasteiger partial charge in [0.2, 0.25) is 0 Å². The van der Waals surface area contributed by atoms with Gasteiger partial charge >= 0.3 is 19.8 Å². The molecule has 0 rings (SSSR count). The zero-order chi connectivity index (χ0) is 52.7. The Hall–Kier alpha value is -2.03. The average molecular weight is 1040 g/mol. The van der Waals surface area contributed by atoms with Crippen LogP contribution in [-0.2, 0) is 32.7 Å². The summed E-state index contributed by atoms with van der Waals surface area (Å²) >= 11 is 0. The highest BCUT2D eigenvalue weighted by atomic mass is 31.2. The second-order valence-electron chi connectivity index (χ2n) is 21.7. The first-order valence-corrected chi connectivity index (χ1v) is 31.9. The Morgan fingerprint density at radius 3 is 1.17 bits per heavy atom. The Labute approximate surface area is 445 Å². The van der Waals surface area contributed by atoms with Crippen LogP contribution in [0, 0.1) is 0 Å². The molecule has 72 heavy (non-hydrogen) atoms. The van der Waals surface area contributed by atoms with Gasteiger partial charge in [-0.3, -0.25) is 18.6 Å². The van der Waals surface area contributed by atoms with Crippen molar-refractivity contribution in [2.24, 2.45) is 0 Å². The highest BCUT2D eigenvalue weighted by molar-refractivity contribution is 7.47. The topological polar surface area (TPSA) is 108 Å². The third-order valence-corrected chi connectivity index (χ3v) is 14.3. The second kappa shape index (κ2) is 53.8. The van der Waals surface area contributed by atoms with Gasteiger partial charge in [0.05, 0.1) is 27.7 Å². The van der Waals surface area contributed by atoms with Crippen LogP contribution in [0.4, 0.5) is 0 Å². The van der Waals surface area contributed by atoms with Crippen molar-refractivity contribution in [1.29, 1.82) is 0 Å². The maximum absolute atomic E-state index is 12.8. The Morgan fingerprint density at radius 1 is 0.431 bits per heavy atom. The molecule has 0 aliphatic rings. The van der Waals surface area contributed by atoms with Gasteiger partial charge in [-0.15, -0.1) is 0 Å². The summed E-state index contributed by atoms with van der Waals surface area (Å²) in [5, 5.41) is 0. The van der Waals surface area contributed by atoms with Crippen LogP contribution >= 0.6 is 7.82 Å². The molecule has 0 bridgehead atoms. The fraction of sp³-hybridized carbons (Fsp3) is 0.839. The van der Waals surface area contributed by atoms with E-state index in [0.29, 0.717) is 17.4 Å². The van der Waals surface area contributed by atoms with Gasteiger partial charge in [0.15, 0.2) is 6.10 Å². The van der Waals surface area contributed by atoms with Crippen LogP contribution in [0.1, 0.15) is 284 Å². The van der Waals surface area contributed by atoms with Crippen molar-refractivity contribution in [1.82, 2.24) is 0 Å². The van der Waals surface area contributed by atoms with Gasteiger partial charge in [-0.2, -0.15) is 0 Å². The van der Waals surface area contributed by atoms with E-state index in [4.69, 9.17) is 18.5 Å². The number of phosphoric ester groups is 1. The van der Waals surface area contributed by atoms with Crippen molar-refractivity contribution in [3.05, 3.63) is 48.6 Å².